The van der Waals surface area contributed by atoms with Crippen molar-refractivity contribution in [2.24, 2.45) is 0 Å². The zero-order valence-electron chi connectivity index (χ0n) is 24.8. The number of likely N-dealkylation sites (tertiary alicyclic amines) is 1. The van der Waals surface area contributed by atoms with E-state index in [1.54, 1.807) is 4.90 Å². The van der Waals surface area contributed by atoms with Gasteiger partial charge in [0.2, 0.25) is 5.91 Å². The molecule has 4 heterocycles. The number of fused-ring (bicyclic) bond motifs is 2. The second kappa shape index (κ2) is 12.0. The van der Waals surface area contributed by atoms with Gasteiger partial charge in [0.1, 0.15) is 12.4 Å². The smallest absolute Gasteiger partial charge is 0.318 e. The molecule has 3 aliphatic rings. The van der Waals surface area contributed by atoms with E-state index in [0.717, 1.165) is 47.0 Å². The second-order valence-electron chi connectivity index (χ2n) is 11.7. The first-order chi connectivity index (χ1) is 20.9. The molecule has 2 aromatic carbocycles. The van der Waals surface area contributed by atoms with Gasteiger partial charge in [-0.1, -0.05) is 43.0 Å². The first-order valence-corrected chi connectivity index (χ1v) is 14.9. The van der Waals surface area contributed by atoms with Crippen molar-refractivity contribution in [1.82, 2.24) is 24.7 Å². The summed E-state index contributed by atoms with van der Waals surface area (Å²) in [6, 6.07) is 14.5. The summed E-state index contributed by atoms with van der Waals surface area (Å²) < 4.78 is 6.20. The molecule has 3 aliphatic heterocycles. The van der Waals surface area contributed by atoms with Gasteiger partial charge in [-0.2, -0.15) is 15.2 Å². The van der Waals surface area contributed by atoms with Gasteiger partial charge in [-0.25, -0.2) is 0 Å². The summed E-state index contributed by atoms with van der Waals surface area (Å²) in [5.74, 6) is 0.482. The van der Waals surface area contributed by atoms with Crippen molar-refractivity contribution in [3.63, 3.8) is 0 Å². The SMILES string of the molecule is C=CC(=O)N1CCN(c2nc(OCC3CCCN3C)nc3c2CN(C(=O)c2c(C)ccc4ccccc24)C3)CC1CC#N. The number of anilines is 1. The van der Waals surface area contributed by atoms with Crippen LogP contribution in [0.5, 0.6) is 6.01 Å². The Hall–Kier alpha value is -4.49. The van der Waals surface area contributed by atoms with E-state index in [9.17, 15) is 14.9 Å². The van der Waals surface area contributed by atoms with E-state index >= 15 is 0 Å². The molecule has 0 bridgehead atoms. The van der Waals surface area contributed by atoms with Crippen LogP contribution in [0.4, 0.5) is 5.82 Å². The van der Waals surface area contributed by atoms with E-state index in [-0.39, 0.29) is 24.3 Å². The van der Waals surface area contributed by atoms with Crippen molar-refractivity contribution in [2.45, 2.75) is 51.4 Å². The molecule has 2 unspecified atom stereocenters. The monoisotopic (exact) mass is 579 g/mol. The maximum absolute atomic E-state index is 14.1. The summed E-state index contributed by atoms with van der Waals surface area (Å²) in [7, 11) is 2.11. The first-order valence-electron chi connectivity index (χ1n) is 14.9. The van der Waals surface area contributed by atoms with Gasteiger partial charge < -0.3 is 24.3 Å². The van der Waals surface area contributed by atoms with E-state index in [2.05, 4.69) is 29.5 Å². The Labute approximate surface area is 252 Å². The number of likely N-dealkylation sites (N-methyl/N-ethyl adjacent to an activating group) is 1. The highest BCUT2D eigenvalue weighted by Gasteiger charge is 2.36. The highest BCUT2D eigenvalue weighted by Crippen LogP contribution is 2.35. The van der Waals surface area contributed by atoms with Gasteiger partial charge in [0, 0.05) is 31.2 Å². The van der Waals surface area contributed by atoms with Crippen molar-refractivity contribution < 1.29 is 14.3 Å². The lowest BCUT2D eigenvalue weighted by atomic mass is 9.99. The number of hydrogen-bond donors (Lipinski definition) is 0. The molecule has 0 radical (unpaired) electrons. The molecule has 2 amide bonds. The van der Waals surface area contributed by atoms with Gasteiger partial charge in [-0.05, 0) is 55.8 Å². The molecule has 0 spiro atoms. The summed E-state index contributed by atoms with van der Waals surface area (Å²) in [5, 5.41) is 11.5. The third-order valence-electron chi connectivity index (χ3n) is 9.02. The minimum Gasteiger partial charge on any atom is -0.462 e. The fourth-order valence-corrected chi connectivity index (χ4v) is 6.60. The average molecular weight is 580 g/mol. The average Bonchev–Trinajstić information content (AvgIpc) is 3.64. The van der Waals surface area contributed by atoms with E-state index in [4.69, 9.17) is 14.7 Å². The van der Waals surface area contributed by atoms with Gasteiger partial charge in [-0.3, -0.25) is 9.59 Å². The summed E-state index contributed by atoms with van der Waals surface area (Å²) in [6.07, 6.45) is 3.70. The molecule has 3 aromatic rings. The summed E-state index contributed by atoms with van der Waals surface area (Å²) in [5.41, 5.74) is 3.29. The first kappa shape index (κ1) is 28.6. The Kier molecular flexibility index (Phi) is 8.00. The Balaban J connectivity index is 1.33. The largest absolute Gasteiger partial charge is 0.462 e. The predicted molar refractivity (Wildman–Crippen MR) is 164 cm³/mol. The highest BCUT2D eigenvalue weighted by atomic mass is 16.5. The number of ether oxygens (including phenoxy) is 1. The zero-order valence-corrected chi connectivity index (χ0v) is 24.8. The van der Waals surface area contributed by atoms with Crippen molar-refractivity contribution in [1.29, 1.82) is 5.26 Å². The second-order valence-corrected chi connectivity index (χ2v) is 11.7. The summed E-state index contributed by atoms with van der Waals surface area (Å²) in [4.78, 5) is 44.3. The van der Waals surface area contributed by atoms with Gasteiger partial charge >= 0.3 is 6.01 Å². The number of aryl methyl sites for hydroxylation is 1. The standard InChI is InChI=1S/C33H37N7O3/c1-4-29(41)40-17-16-38(18-24(40)13-14-34)31-27-19-39(32(42)30-22(2)11-12-23-8-5-6-10-26(23)30)20-28(27)35-33(36-31)43-21-25-9-7-15-37(25)3/h4-6,8,10-12,24-25H,1,7,9,13,15-21H2,2-3H3. The summed E-state index contributed by atoms with van der Waals surface area (Å²) >= 11 is 0. The molecule has 2 atom stereocenters. The third kappa shape index (κ3) is 5.53. The van der Waals surface area contributed by atoms with Gasteiger partial charge in [0.25, 0.3) is 5.91 Å². The molecule has 222 valence electrons. The minimum atomic E-state index is -0.302. The molecular weight excluding hydrogens is 542 g/mol. The number of nitrogens with zero attached hydrogens (tertiary/aromatic N) is 7. The number of rotatable bonds is 7. The minimum absolute atomic E-state index is 0.0444. The Bertz CT molecular complexity index is 1620. The van der Waals surface area contributed by atoms with Crippen LogP contribution in [-0.2, 0) is 17.9 Å². The lowest BCUT2D eigenvalue weighted by Crippen LogP contribution is -2.55. The molecule has 1 aromatic heterocycles. The quantitative estimate of drug-likeness (QED) is 0.391. The summed E-state index contributed by atoms with van der Waals surface area (Å²) in [6.45, 7) is 9.28. The van der Waals surface area contributed by atoms with Crippen molar-refractivity contribution in [3.05, 3.63) is 71.4 Å². The van der Waals surface area contributed by atoms with Crippen LogP contribution in [0.2, 0.25) is 0 Å². The number of benzene rings is 2. The number of piperazine rings is 1. The Morgan fingerprint density at radius 3 is 2.72 bits per heavy atom. The lowest BCUT2D eigenvalue weighted by Gasteiger charge is -2.41. The van der Waals surface area contributed by atoms with Gasteiger partial charge in [0.15, 0.2) is 0 Å². The number of hydrogen-bond acceptors (Lipinski definition) is 8. The fraction of sp³-hybridized carbons (Fsp3) is 0.424. The molecule has 10 heteroatoms. The molecule has 0 saturated carbocycles. The van der Waals surface area contributed by atoms with Crippen LogP contribution in [0, 0.1) is 18.3 Å². The zero-order chi connectivity index (χ0) is 30.1. The maximum atomic E-state index is 14.1. The number of nitriles is 1. The Morgan fingerprint density at radius 1 is 1.12 bits per heavy atom. The van der Waals surface area contributed by atoms with Crippen molar-refractivity contribution in [3.8, 4) is 12.1 Å². The number of amides is 2. The maximum Gasteiger partial charge on any atom is 0.318 e. The van der Waals surface area contributed by atoms with Gasteiger partial charge in [-0.15, -0.1) is 0 Å². The molecular formula is C33H37N7O3. The molecule has 0 N–H and O–H groups in total. The third-order valence-corrected chi connectivity index (χ3v) is 9.02. The molecule has 2 fully saturated rings. The van der Waals surface area contributed by atoms with Crippen LogP contribution in [0.3, 0.4) is 0 Å². The van der Waals surface area contributed by atoms with Crippen LogP contribution in [0.25, 0.3) is 10.8 Å². The predicted octanol–water partition coefficient (Wildman–Crippen LogP) is 3.68. The molecule has 43 heavy (non-hydrogen) atoms. The van der Waals surface area contributed by atoms with E-state index < -0.39 is 0 Å². The molecule has 10 nitrogen and oxygen atoms in total. The van der Waals surface area contributed by atoms with Crippen LogP contribution in [0.1, 0.15) is 46.4 Å². The molecule has 2 saturated heterocycles. The normalized spacial score (nSPS) is 20.3. The molecule has 6 rings (SSSR count). The lowest BCUT2D eigenvalue weighted by molar-refractivity contribution is -0.128. The van der Waals surface area contributed by atoms with Crippen LogP contribution in [0.15, 0.2) is 49.1 Å². The Morgan fingerprint density at radius 2 is 1.95 bits per heavy atom. The van der Waals surface area contributed by atoms with Crippen LogP contribution in [-0.4, -0.2) is 88.4 Å². The number of carbonyl (C=O) groups is 2. The van der Waals surface area contributed by atoms with E-state index in [1.807, 2.05) is 48.2 Å². The topological polar surface area (TPSA) is 106 Å². The van der Waals surface area contributed by atoms with E-state index in [1.165, 1.54) is 6.08 Å². The van der Waals surface area contributed by atoms with Crippen molar-refractivity contribution in [2.75, 3.05) is 44.7 Å². The van der Waals surface area contributed by atoms with Crippen LogP contribution >= 0.6 is 0 Å². The number of aromatic nitrogens is 2. The van der Waals surface area contributed by atoms with Gasteiger partial charge in [0.05, 0.1) is 42.9 Å². The van der Waals surface area contributed by atoms with Crippen LogP contribution < -0.4 is 9.64 Å². The molecule has 0 aliphatic carbocycles. The highest BCUT2D eigenvalue weighted by molar-refractivity contribution is 6.08. The fourth-order valence-electron chi connectivity index (χ4n) is 6.60. The van der Waals surface area contributed by atoms with Crippen molar-refractivity contribution >= 4 is 28.4 Å². The number of carbonyl (C=O) groups excluding carboxylic acids is 2. The van der Waals surface area contributed by atoms with E-state index in [0.29, 0.717) is 62.8 Å².